The molecule has 1 aromatic heterocycles. The highest BCUT2D eigenvalue weighted by atomic mass is 35.5. The summed E-state index contributed by atoms with van der Waals surface area (Å²) in [5.74, 6) is 0.645. The second kappa shape index (κ2) is 7.15. The summed E-state index contributed by atoms with van der Waals surface area (Å²) < 4.78 is 0.843. The van der Waals surface area contributed by atoms with E-state index < -0.39 is 0 Å². The van der Waals surface area contributed by atoms with Gasteiger partial charge in [-0.3, -0.25) is 4.90 Å². The first-order valence-corrected chi connectivity index (χ1v) is 7.57. The van der Waals surface area contributed by atoms with Gasteiger partial charge in [-0.05, 0) is 17.7 Å². The third-order valence-electron chi connectivity index (χ3n) is 2.66. The van der Waals surface area contributed by atoms with E-state index in [-0.39, 0.29) is 0 Å². The molecule has 0 spiro atoms. The fourth-order valence-electron chi connectivity index (χ4n) is 1.83. The lowest BCUT2D eigenvalue weighted by atomic mass is 10.2. The van der Waals surface area contributed by atoms with Crippen LogP contribution in [0.15, 0.2) is 42.5 Å². The van der Waals surface area contributed by atoms with Gasteiger partial charge < -0.3 is 0 Å². The Morgan fingerprint density at radius 1 is 1.00 bits per heavy atom. The maximum Gasteiger partial charge on any atom is 0.0931 e. The molecular weight excluding hydrogens is 285 g/mol. The van der Waals surface area contributed by atoms with Gasteiger partial charge in [-0.25, -0.2) is 0 Å². The number of thiophene rings is 1. The third kappa shape index (κ3) is 4.29. The Labute approximate surface area is 122 Å². The van der Waals surface area contributed by atoms with Crippen LogP contribution >= 0.6 is 34.5 Å². The van der Waals surface area contributed by atoms with E-state index in [1.807, 2.05) is 12.1 Å². The van der Waals surface area contributed by atoms with Gasteiger partial charge in [0.25, 0.3) is 0 Å². The molecule has 1 aromatic carbocycles. The second-order valence-corrected chi connectivity index (χ2v) is 6.27. The minimum absolute atomic E-state index is 0.645. The highest BCUT2D eigenvalue weighted by Crippen LogP contribution is 2.23. The van der Waals surface area contributed by atoms with Gasteiger partial charge in [0.1, 0.15) is 0 Å². The zero-order valence-electron chi connectivity index (χ0n) is 9.98. The van der Waals surface area contributed by atoms with Crippen molar-refractivity contribution in [2.24, 2.45) is 0 Å². The normalized spacial score (nSPS) is 11.1. The van der Waals surface area contributed by atoms with Crippen molar-refractivity contribution in [2.75, 3.05) is 12.4 Å². The van der Waals surface area contributed by atoms with Crippen molar-refractivity contribution in [1.29, 1.82) is 0 Å². The van der Waals surface area contributed by atoms with Gasteiger partial charge in [0.2, 0.25) is 0 Å². The molecule has 2 rings (SSSR count). The lowest BCUT2D eigenvalue weighted by Gasteiger charge is -2.20. The van der Waals surface area contributed by atoms with Gasteiger partial charge in [0.15, 0.2) is 0 Å². The highest BCUT2D eigenvalue weighted by molar-refractivity contribution is 7.16. The van der Waals surface area contributed by atoms with E-state index in [0.717, 1.165) is 24.0 Å². The molecule has 0 aliphatic rings. The Balaban J connectivity index is 1.99. The first kappa shape index (κ1) is 13.9. The molecule has 0 N–H and O–H groups in total. The number of alkyl halides is 1. The topological polar surface area (TPSA) is 3.24 Å². The van der Waals surface area contributed by atoms with E-state index >= 15 is 0 Å². The van der Waals surface area contributed by atoms with Crippen LogP contribution in [-0.2, 0) is 13.1 Å². The van der Waals surface area contributed by atoms with E-state index in [1.165, 1.54) is 10.4 Å². The maximum absolute atomic E-state index is 5.96. The summed E-state index contributed by atoms with van der Waals surface area (Å²) in [6.45, 7) is 2.70. The van der Waals surface area contributed by atoms with Gasteiger partial charge >= 0.3 is 0 Å². The molecule has 2 aromatic rings. The van der Waals surface area contributed by atoms with Gasteiger partial charge in [-0.1, -0.05) is 41.9 Å². The SMILES string of the molecule is ClCCN(Cc1ccccc1)Cc1ccc(Cl)s1. The molecule has 0 amide bonds. The molecule has 4 heteroatoms. The quantitative estimate of drug-likeness (QED) is 0.702. The summed E-state index contributed by atoms with van der Waals surface area (Å²) in [7, 11) is 0. The lowest BCUT2D eigenvalue weighted by molar-refractivity contribution is 0.275. The number of hydrogen-bond donors (Lipinski definition) is 0. The van der Waals surface area contributed by atoms with Crippen LogP contribution < -0.4 is 0 Å². The molecule has 0 bridgehead atoms. The van der Waals surface area contributed by atoms with Crippen LogP contribution in [0.5, 0.6) is 0 Å². The van der Waals surface area contributed by atoms with Crippen molar-refractivity contribution < 1.29 is 0 Å². The van der Waals surface area contributed by atoms with E-state index in [1.54, 1.807) is 11.3 Å². The zero-order chi connectivity index (χ0) is 12.8. The average Bonchev–Trinajstić information content (AvgIpc) is 2.76. The van der Waals surface area contributed by atoms with Crippen LogP contribution in [0.25, 0.3) is 0 Å². The highest BCUT2D eigenvalue weighted by Gasteiger charge is 2.08. The average molecular weight is 300 g/mol. The number of rotatable bonds is 6. The molecule has 0 aliphatic heterocycles. The molecule has 0 saturated heterocycles. The summed E-state index contributed by atoms with van der Waals surface area (Å²) in [6.07, 6.45) is 0. The van der Waals surface area contributed by atoms with E-state index in [2.05, 4.69) is 35.2 Å². The first-order chi connectivity index (χ1) is 8.78. The van der Waals surface area contributed by atoms with Crippen molar-refractivity contribution in [3.8, 4) is 0 Å². The summed E-state index contributed by atoms with van der Waals surface area (Å²) in [6, 6.07) is 14.5. The summed E-state index contributed by atoms with van der Waals surface area (Å²) in [5, 5.41) is 0. The van der Waals surface area contributed by atoms with Gasteiger partial charge in [0.05, 0.1) is 4.34 Å². The molecule has 0 fully saturated rings. The Morgan fingerprint density at radius 3 is 2.39 bits per heavy atom. The van der Waals surface area contributed by atoms with Crippen LogP contribution in [0.4, 0.5) is 0 Å². The molecule has 1 heterocycles. The van der Waals surface area contributed by atoms with Crippen molar-refractivity contribution in [3.05, 3.63) is 57.2 Å². The Bertz CT molecular complexity index is 470. The molecule has 0 radical (unpaired) electrons. The monoisotopic (exact) mass is 299 g/mol. The van der Waals surface area contributed by atoms with Gasteiger partial charge in [-0.15, -0.1) is 22.9 Å². The number of halogens is 2. The van der Waals surface area contributed by atoms with Crippen LogP contribution in [-0.4, -0.2) is 17.3 Å². The lowest BCUT2D eigenvalue weighted by Crippen LogP contribution is -2.24. The number of benzene rings is 1. The number of hydrogen-bond acceptors (Lipinski definition) is 2. The van der Waals surface area contributed by atoms with E-state index in [9.17, 15) is 0 Å². The largest absolute Gasteiger partial charge is 0.293 e. The Hall–Kier alpha value is -0.540. The molecule has 0 atom stereocenters. The summed E-state index contributed by atoms with van der Waals surface area (Å²) in [5.41, 5.74) is 1.31. The standard InChI is InChI=1S/C14H15Cl2NS/c15-8-9-17(10-12-4-2-1-3-5-12)11-13-6-7-14(16)18-13/h1-7H,8-11H2. The van der Waals surface area contributed by atoms with Crippen molar-refractivity contribution in [1.82, 2.24) is 4.90 Å². The van der Waals surface area contributed by atoms with Crippen LogP contribution in [0.3, 0.4) is 0 Å². The third-order valence-corrected chi connectivity index (χ3v) is 4.04. The summed E-state index contributed by atoms with van der Waals surface area (Å²) in [4.78, 5) is 3.62. The predicted octanol–water partition coefficient (Wildman–Crippen LogP) is 4.64. The van der Waals surface area contributed by atoms with Crippen LogP contribution in [0.1, 0.15) is 10.4 Å². The van der Waals surface area contributed by atoms with Gasteiger partial charge in [0, 0.05) is 30.4 Å². The maximum atomic E-state index is 5.96. The fourth-order valence-corrected chi connectivity index (χ4v) is 3.20. The minimum atomic E-state index is 0.645. The van der Waals surface area contributed by atoms with Crippen molar-refractivity contribution in [3.63, 3.8) is 0 Å². The molecule has 0 saturated carbocycles. The zero-order valence-corrected chi connectivity index (χ0v) is 12.3. The van der Waals surface area contributed by atoms with E-state index in [0.29, 0.717) is 5.88 Å². The first-order valence-electron chi connectivity index (χ1n) is 5.84. The molecular formula is C14H15Cl2NS. The molecule has 96 valence electrons. The second-order valence-electron chi connectivity index (χ2n) is 4.09. The molecule has 0 aliphatic carbocycles. The van der Waals surface area contributed by atoms with E-state index in [4.69, 9.17) is 23.2 Å². The van der Waals surface area contributed by atoms with Crippen LogP contribution in [0, 0.1) is 0 Å². The van der Waals surface area contributed by atoms with Crippen molar-refractivity contribution in [2.45, 2.75) is 13.1 Å². The summed E-state index contributed by atoms with van der Waals surface area (Å²) >= 11 is 13.5. The van der Waals surface area contributed by atoms with Gasteiger partial charge in [-0.2, -0.15) is 0 Å². The molecule has 0 unspecified atom stereocenters. The molecule has 1 nitrogen and oxygen atoms in total. The van der Waals surface area contributed by atoms with Crippen LogP contribution in [0.2, 0.25) is 4.34 Å². The Kier molecular flexibility index (Phi) is 5.51. The number of nitrogens with zero attached hydrogens (tertiary/aromatic N) is 1. The predicted molar refractivity (Wildman–Crippen MR) is 80.6 cm³/mol. The smallest absolute Gasteiger partial charge is 0.0931 e. The Morgan fingerprint density at radius 2 is 1.78 bits per heavy atom. The minimum Gasteiger partial charge on any atom is -0.293 e. The fraction of sp³-hybridized carbons (Fsp3) is 0.286. The molecule has 18 heavy (non-hydrogen) atoms. The van der Waals surface area contributed by atoms with Crippen molar-refractivity contribution >= 4 is 34.5 Å².